The van der Waals surface area contributed by atoms with Crippen molar-refractivity contribution in [3.05, 3.63) is 57.1 Å². The van der Waals surface area contributed by atoms with E-state index in [1.54, 1.807) is 19.2 Å². The summed E-state index contributed by atoms with van der Waals surface area (Å²) in [5.74, 6) is 0.320. The number of nitrogens with one attached hydrogen (secondary N) is 1. The normalized spacial score (nSPS) is 10.2. The van der Waals surface area contributed by atoms with Gasteiger partial charge in [0.1, 0.15) is 0 Å². The molecular weight excluding hydrogens is 350 g/mol. The highest BCUT2D eigenvalue weighted by Crippen LogP contribution is 2.28. The monoisotopic (exact) mass is 365 g/mol. The minimum atomic E-state index is -0.570. The molecule has 0 heterocycles. The Morgan fingerprint density at radius 3 is 2.64 bits per heavy atom. The molecule has 2 aromatic rings. The van der Waals surface area contributed by atoms with Gasteiger partial charge >= 0.3 is 6.03 Å². The molecule has 9 heteroatoms. The molecule has 2 aromatic carbocycles. The summed E-state index contributed by atoms with van der Waals surface area (Å²) in [5.41, 5.74) is 0.803. The molecule has 0 bridgehead atoms. The van der Waals surface area contributed by atoms with E-state index < -0.39 is 11.0 Å². The Bertz CT molecular complexity index is 812. The van der Waals surface area contributed by atoms with E-state index in [0.29, 0.717) is 11.3 Å². The molecule has 2 rings (SSSR count). The second kappa shape index (κ2) is 7.71. The molecule has 2 amide bonds. The summed E-state index contributed by atoms with van der Waals surface area (Å²) in [7, 11) is 3.01. The number of phenolic OH excluding ortho intramolecular Hbond substituents is 1. The lowest BCUT2D eigenvalue weighted by Gasteiger charge is -2.19. The van der Waals surface area contributed by atoms with Crippen LogP contribution in [-0.2, 0) is 6.54 Å². The lowest BCUT2D eigenvalue weighted by Crippen LogP contribution is -2.30. The fourth-order valence-electron chi connectivity index (χ4n) is 2.11. The number of rotatable bonds is 5. The highest BCUT2D eigenvalue weighted by atomic mass is 35.5. The van der Waals surface area contributed by atoms with E-state index in [4.69, 9.17) is 16.3 Å². The molecule has 25 heavy (non-hydrogen) atoms. The molecule has 0 aromatic heterocycles. The SMILES string of the molecule is COc1ccc(CN(C)C(=O)Nc2ccc([N+](=O)[O-])cc2Cl)cc1O. The number of carbonyl (C=O) groups excluding carboxylic acids is 1. The number of methoxy groups -OCH3 is 1. The average molecular weight is 366 g/mol. The van der Waals surface area contributed by atoms with Crippen LogP contribution in [0.15, 0.2) is 36.4 Å². The lowest BCUT2D eigenvalue weighted by molar-refractivity contribution is -0.384. The minimum Gasteiger partial charge on any atom is -0.504 e. The molecule has 0 saturated heterocycles. The first-order valence-electron chi connectivity index (χ1n) is 7.13. The number of nitro benzene ring substituents is 1. The van der Waals surface area contributed by atoms with Crippen LogP contribution in [0, 0.1) is 10.1 Å². The van der Waals surface area contributed by atoms with Crippen molar-refractivity contribution in [2.75, 3.05) is 19.5 Å². The van der Waals surface area contributed by atoms with Crippen LogP contribution in [0.5, 0.6) is 11.5 Å². The van der Waals surface area contributed by atoms with Crippen LogP contribution in [0.25, 0.3) is 0 Å². The van der Waals surface area contributed by atoms with Crippen LogP contribution in [0.1, 0.15) is 5.56 Å². The van der Waals surface area contributed by atoms with E-state index in [1.165, 1.54) is 36.3 Å². The first-order chi connectivity index (χ1) is 11.8. The first-order valence-corrected chi connectivity index (χ1v) is 7.51. The molecule has 0 aliphatic heterocycles. The number of benzene rings is 2. The number of amides is 2. The fraction of sp³-hybridized carbons (Fsp3) is 0.188. The molecule has 0 aliphatic carbocycles. The maximum Gasteiger partial charge on any atom is 0.321 e. The Kier molecular flexibility index (Phi) is 5.66. The van der Waals surface area contributed by atoms with E-state index in [1.807, 2.05) is 0 Å². The van der Waals surface area contributed by atoms with Gasteiger partial charge in [-0.2, -0.15) is 0 Å². The summed E-state index contributed by atoms with van der Waals surface area (Å²) in [5, 5.41) is 23.1. The van der Waals surface area contributed by atoms with Gasteiger partial charge in [0, 0.05) is 25.7 Å². The Hall–Kier alpha value is -3.00. The summed E-state index contributed by atoms with van der Waals surface area (Å²) < 4.78 is 4.97. The molecule has 8 nitrogen and oxygen atoms in total. The van der Waals surface area contributed by atoms with Crippen molar-refractivity contribution in [1.29, 1.82) is 0 Å². The number of non-ortho nitro benzene ring substituents is 1. The fourth-order valence-corrected chi connectivity index (χ4v) is 2.33. The molecule has 0 aliphatic rings. The lowest BCUT2D eigenvalue weighted by atomic mass is 10.2. The summed E-state index contributed by atoms with van der Waals surface area (Å²) >= 11 is 5.95. The number of nitro groups is 1. The third-order valence-electron chi connectivity index (χ3n) is 3.41. The number of hydrogen-bond acceptors (Lipinski definition) is 5. The van der Waals surface area contributed by atoms with Crippen molar-refractivity contribution in [2.24, 2.45) is 0 Å². The molecule has 0 fully saturated rings. The van der Waals surface area contributed by atoms with Crippen molar-refractivity contribution in [1.82, 2.24) is 4.90 Å². The maximum absolute atomic E-state index is 12.2. The van der Waals surface area contributed by atoms with Crippen LogP contribution >= 0.6 is 11.6 Å². The smallest absolute Gasteiger partial charge is 0.321 e. The van der Waals surface area contributed by atoms with E-state index in [9.17, 15) is 20.0 Å². The third-order valence-corrected chi connectivity index (χ3v) is 3.73. The Morgan fingerprint density at radius 2 is 2.08 bits per heavy atom. The van der Waals surface area contributed by atoms with Crippen LogP contribution in [0.4, 0.5) is 16.2 Å². The maximum atomic E-state index is 12.2. The topological polar surface area (TPSA) is 105 Å². The second-order valence-electron chi connectivity index (χ2n) is 5.21. The predicted molar refractivity (Wildman–Crippen MR) is 93.3 cm³/mol. The Labute approximate surface area is 148 Å². The number of urea groups is 1. The van der Waals surface area contributed by atoms with Crippen LogP contribution in [0.2, 0.25) is 5.02 Å². The van der Waals surface area contributed by atoms with Crippen molar-refractivity contribution < 1.29 is 19.6 Å². The Balaban J connectivity index is 2.05. The van der Waals surface area contributed by atoms with Crippen molar-refractivity contribution in [2.45, 2.75) is 6.54 Å². The van der Waals surface area contributed by atoms with Gasteiger partial charge in [-0.25, -0.2) is 4.79 Å². The van der Waals surface area contributed by atoms with Crippen LogP contribution < -0.4 is 10.1 Å². The van der Waals surface area contributed by atoms with Gasteiger partial charge in [0.05, 0.1) is 22.7 Å². The highest BCUT2D eigenvalue weighted by molar-refractivity contribution is 6.33. The predicted octanol–water partition coefficient (Wildman–Crippen LogP) is 3.63. The number of nitrogens with zero attached hydrogens (tertiary/aromatic N) is 2. The summed E-state index contributed by atoms with van der Waals surface area (Å²) in [6.45, 7) is 0.230. The number of carbonyl (C=O) groups is 1. The minimum absolute atomic E-state index is 0.0211. The zero-order valence-electron chi connectivity index (χ0n) is 13.5. The zero-order valence-corrected chi connectivity index (χ0v) is 14.3. The molecule has 132 valence electrons. The van der Waals surface area contributed by atoms with Gasteiger partial charge in [0.25, 0.3) is 5.69 Å². The van der Waals surface area contributed by atoms with Gasteiger partial charge in [-0.15, -0.1) is 0 Å². The van der Waals surface area contributed by atoms with Gasteiger partial charge in [-0.1, -0.05) is 17.7 Å². The Morgan fingerprint density at radius 1 is 1.36 bits per heavy atom. The largest absolute Gasteiger partial charge is 0.504 e. The number of aromatic hydroxyl groups is 1. The van der Waals surface area contributed by atoms with Crippen molar-refractivity contribution in [3.8, 4) is 11.5 Å². The molecule has 0 saturated carbocycles. The number of halogens is 1. The summed E-state index contributed by atoms with van der Waals surface area (Å²) in [6.07, 6.45) is 0. The average Bonchev–Trinajstić information content (AvgIpc) is 2.56. The van der Waals surface area contributed by atoms with Gasteiger partial charge in [-0.05, 0) is 23.8 Å². The molecule has 0 spiro atoms. The van der Waals surface area contributed by atoms with Gasteiger partial charge in [-0.3, -0.25) is 10.1 Å². The summed E-state index contributed by atoms with van der Waals surface area (Å²) in [4.78, 5) is 23.7. The van der Waals surface area contributed by atoms with E-state index in [-0.39, 0.29) is 28.7 Å². The molecule has 0 radical (unpaired) electrons. The van der Waals surface area contributed by atoms with E-state index in [0.717, 1.165) is 0 Å². The van der Waals surface area contributed by atoms with E-state index >= 15 is 0 Å². The number of ether oxygens (including phenoxy) is 1. The quantitative estimate of drug-likeness (QED) is 0.621. The zero-order chi connectivity index (χ0) is 18.6. The first kappa shape index (κ1) is 18.3. The number of phenols is 1. The third kappa shape index (κ3) is 4.51. The van der Waals surface area contributed by atoms with Crippen LogP contribution in [-0.4, -0.2) is 35.1 Å². The van der Waals surface area contributed by atoms with Crippen molar-refractivity contribution >= 4 is 29.0 Å². The molecule has 0 atom stereocenters. The molecule has 0 unspecified atom stereocenters. The van der Waals surface area contributed by atoms with Crippen molar-refractivity contribution in [3.63, 3.8) is 0 Å². The second-order valence-corrected chi connectivity index (χ2v) is 5.62. The van der Waals surface area contributed by atoms with E-state index in [2.05, 4.69) is 5.32 Å². The molecule has 2 N–H and O–H groups in total. The van der Waals surface area contributed by atoms with Crippen LogP contribution in [0.3, 0.4) is 0 Å². The summed E-state index contributed by atoms with van der Waals surface area (Å²) in [6, 6.07) is 8.16. The van der Waals surface area contributed by atoms with Gasteiger partial charge in [0.2, 0.25) is 0 Å². The highest BCUT2D eigenvalue weighted by Gasteiger charge is 2.15. The van der Waals surface area contributed by atoms with Gasteiger partial charge in [0.15, 0.2) is 11.5 Å². The standard InChI is InChI=1S/C16H16ClN3O5/c1-19(9-10-3-6-15(25-2)14(21)7-10)16(22)18-13-5-4-11(20(23)24)8-12(13)17/h3-8,21H,9H2,1-2H3,(H,18,22). The molecular formula is C16H16ClN3O5. The van der Waals surface area contributed by atoms with Gasteiger partial charge < -0.3 is 20.1 Å². The number of anilines is 1. The number of hydrogen-bond donors (Lipinski definition) is 2.